The van der Waals surface area contributed by atoms with Gasteiger partial charge in [0.2, 0.25) is 0 Å². The van der Waals surface area contributed by atoms with Gasteiger partial charge in [0.05, 0.1) is 23.5 Å². The van der Waals surface area contributed by atoms with Crippen LogP contribution in [0.3, 0.4) is 0 Å². The predicted molar refractivity (Wildman–Crippen MR) is 103 cm³/mol. The second-order valence-electron chi connectivity index (χ2n) is 5.56. The zero-order valence-electron chi connectivity index (χ0n) is 14.7. The highest BCUT2D eigenvalue weighted by Gasteiger charge is 2.17. The minimum atomic E-state index is -0.188. The van der Waals surface area contributed by atoms with E-state index in [1.165, 1.54) is 11.3 Å². The van der Waals surface area contributed by atoms with Gasteiger partial charge in [-0.15, -0.1) is 11.3 Å². The Labute approximate surface area is 156 Å². The fourth-order valence-electron chi connectivity index (χ4n) is 2.46. The van der Waals surface area contributed by atoms with E-state index in [2.05, 4.69) is 10.3 Å². The van der Waals surface area contributed by atoms with Crippen LogP contribution in [0.25, 0.3) is 10.4 Å². The lowest BCUT2D eigenvalue weighted by atomic mass is 10.1. The highest BCUT2D eigenvalue weighted by Crippen LogP contribution is 2.29. The molecular formula is C20H20N2O3S. The van der Waals surface area contributed by atoms with Gasteiger partial charge in [-0.05, 0) is 36.8 Å². The van der Waals surface area contributed by atoms with Crippen molar-refractivity contribution in [1.82, 2.24) is 10.3 Å². The van der Waals surface area contributed by atoms with Crippen molar-refractivity contribution in [2.24, 2.45) is 0 Å². The summed E-state index contributed by atoms with van der Waals surface area (Å²) in [4.78, 5) is 17.8. The first-order valence-corrected chi connectivity index (χ1v) is 9.07. The molecule has 0 unspecified atom stereocenters. The molecule has 0 spiro atoms. The molecule has 26 heavy (non-hydrogen) atoms. The molecule has 5 nitrogen and oxygen atoms in total. The molecule has 2 aromatic carbocycles. The molecule has 0 fully saturated rings. The lowest BCUT2D eigenvalue weighted by molar-refractivity contribution is 0.0943. The smallest absolute Gasteiger partial charge is 0.271 e. The van der Waals surface area contributed by atoms with E-state index in [1.807, 2.05) is 61.5 Å². The summed E-state index contributed by atoms with van der Waals surface area (Å²) in [6.45, 7) is 2.68. The number of hydrogen-bond donors (Lipinski definition) is 1. The van der Waals surface area contributed by atoms with Crippen molar-refractivity contribution in [3.05, 3.63) is 65.3 Å². The minimum absolute atomic E-state index is 0.188. The Morgan fingerprint density at radius 2 is 1.77 bits per heavy atom. The SMILES string of the molecule is COc1ccc(OCCNC(=O)c2nc(C)sc2-c2ccccc2)cc1. The van der Waals surface area contributed by atoms with Gasteiger partial charge in [-0.2, -0.15) is 0 Å². The third-order valence-electron chi connectivity index (χ3n) is 3.70. The molecule has 0 aliphatic heterocycles. The average Bonchev–Trinajstić information content (AvgIpc) is 3.08. The highest BCUT2D eigenvalue weighted by atomic mass is 32.1. The summed E-state index contributed by atoms with van der Waals surface area (Å²) in [5.41, 5.74) is 1.46. The molecule has 0 atom stereocenters. The van der Waals surface area contributed by atoms with Crippen molar-refractivity contribution in [1.29, 1.82) is 0 Å². The molecule has 0 radical (unpaired) electrons. The molecule has 1 N–H and O–H groups in total. The van der Waals surface area contributed by atoms with Crippen molar-refractivity contribution in [2.45, 2.75) is 6.92 Å². The Kier molecular flexibility index (Phi) is 5.86. The van der Waals surface area contributed by atoms with Crippen molar-refractivity contribution >= 4 is 17.2 Å². The molecule has 1 heterocycles. The second-order valence-corrected chi connectivity index (χ2v) is 6.76. The maximum atomic E-state index is 12.5. The summed E-state index contributed by atoms with van der Waals surface area (Å²) < 4.78 is 10.7. The van der Waals surface area contributed by atoms with Gasteiger partial charge < -0.3 is 14.8 Å². The quantitative estimate of drug-likeness (QED) is 0.642. The number of hydrogen-bond acceptors (Lipinski definition) is 5. The summed E-state index contributed by atoms with van der Waals surface area (Å²) in [7, 11) is 1.62. The van der Waals surface area contributed by atoms with E-state index in [-0.39, 0.29) is 5.91 Å². The normalized spacial score (nSPS) is 10.4. The van der Waals surface area contributed by atoms with Crippen molar-refractivity contribution in [3.8, 4) is 21.9 Å². The maximum Gasteiger partial charge on any atom is 0.271 e. The number of aromatic nitrogens is 1. The van der Waals surface area contributed by atoms with Crippen LogP contribution in [0.2, 0.25) is 0 Å². The van der Waals surface area contributed by atoms with Crippen LogP contribution in [0.1, 0.15) is 15.5 Å². The Morgan fingerprint density at radius 3 is 2.46 bits per heavy atom. The maximum absolute atomic E-state index is 12.5. The topological polar surface area (TPSA) is 60.5 Å². The molecule has 3 aromatic rings. The first-order valence-electron chi connectivity index (χ1n) is 8.25. The Hall–Kier alpha value is -2.86. The standard InChI is InChI=1S/C20H20N2O3S/c1-14-22-18(19(26-14)15-6-4-3-5-7-15)20(23)21-12-13-25-17-10-8-16(24-2)9-11-17/h3-11H,12-13H2,1-2H3,(H,21,23). The van der Waals surface area contributed by atoms with E-state index in [1.54, 1.807) is 7.11 Å². The Bertz CT molecular complexity index is 861. The molecule has 0 saturated carbocycles. The van der Waals surface area contributed by atoms with E-state index in [4.69, 9.17) is 9.47 Å². The zero-order valence-corrected chi connectivity index (χ0v) is 15.5. The molecule has 1 aromatic heterocycles. The first-order chi connectivity index (χ1) is 12.7. The third kappa shape index (κ3) is 4.40. The number of ether oxygens (including phenoxy) is 2. The van der Waals surface area contributed by atoms with Crippen LogP contribution in [0, 0.1) is 6.92 Å². The number of carbonyl (C=O) groups excluding carboxylic acids is 1. The van der Waals surface area contributed by atoms with Crippen LogP contribution >= 0.6 is 11.3 Å². The fourth-order valence-corrected chi connectivity index (χ4v) is 3.38. The zero-order chi connectivity index (χ0) is 18.4. The second kappa shape index (κ2) is 8.49. The van der Waals surface area contributed by atoms with Gasteiger partial charge in [0.25, 0.3) is 5.91 Å². The average molecular weight is 368 g/mol. The lowest BCUT2D eigenvalue weighted by Gasteiger charge is -2.08. The van der Waals surface area contributed by atoms with Crippen molar-refractivity contribution in [3.63, 3.8) is 0 Å². The summed E-state index contributed by atoms with van der Waals surface area (Å²) in [5, 5.41) is 3.74. The molecule has 0 aliphatic carbocycles. The monoisotopic (exact) mass is 368 g/mol. The molecule has 0 bridgehead atoms. The van der Waals surface area contributed by atoms with Gasteiger partial charge in [0.15, 0.2) is 0 Å². The largest absolute Gasteiger partial charge is 0.497 e. The number of carbonyl (C=O) groups is 1. The number of rotatable bonds is 7. The third-order valence-corrected chi connectivity index (χ3v) is 4.72. The number of benzene rings is 2. The van der Waals surface area contributed by atoms with Gasteiger partial charge >= 0.3 is 0 Å². The minimum Gasteiger partial charge on any atom is -0.497 e. The number of amides is 1. The fraction of sp³-hybridized carbons (Fsp3) is 0.200. The van der Waals surface area contributed by atoms with Crippen LogP contribution < -0.4 is 14.8 Å². The number of thiazole rings is 1. The molecule has 0 aliphatic rings. The molecule has 134 valence electrons. The molecule has 0 saturated heterocycles. The number of methoxy groups -OCH3 is 1. The van der Waals surface area contributed by atoms with Crippen LogP contribution in [0.4, 0.5) is 0 Å². The predicted octanol–water partition coefficient (Wildman–Crippen LogP) is 3.94. The van der Waals surface area contributed by atoms with E-state index >= 15 is 0 Å². The highest BCUT2D eigenvalue weighted by molar-refractivity contribution is 7.15. The summed E-state index contributed by atoms with van der Waals surface area (Å²) in [6, 6.07) is 17.1. The molecular weight excluding hydrogens is 348 g/mol. The van der Waals surface area contributed by atoms with Crippen molar-refractivity contribution in [2.75, 3.05) is 20.3 Å². The van der Waals surface area contributed by atoms with Crippen LogP contribution in [-0.4, -0.2) is 31.2 Å². The van der Waals surface area contributed by atoms with Crippen molar-refractivity contribution < 1.29 is 14.3 Å². The van der Waals surface area contributed by atoms with Gasteiger partial charge in [-0.25, -0.2) is 4.98 Å². The Balaban J connectivity index is 1.57. The van der Waals surface area contributed by atoms with Gasteiger partial charge in [-0.3, -0.25) is 4.79 Å². The van der Waals surface area contributed by atoms with Crippen LogP contribution in [0.5, 0.6) is 11.5 Å². The first kappa shape index (κ1) is 17.9. The van der Waals surface area contributed by atoms with E-state index in [0.717, 1.165) is 26.9 Å². The van der Waals surface area contributed by atoms with E-state index in [9.17, 15) is 4.79 Å². The Morgan fingerprint density at radius 1 is 1.08 bits per heavy atom. The number of nitrogens with one attached hydrogen (secondary N) is 1. The summed E-state index contributed by atoms with van der Waals surface area (Å²) in [6.07, 6.45) is 0. The van der Waals surface area contributed by atoms with Gasteiger partial charge in [0.1, 0.15) is 23.8 Å². The number of aryl methyl sites for hydroxylation is 1. The van der Waals surface area contributed by atoms with E-state index in [0.29, 0.717) is 18.8 Å². The molecule has 1 amide bonds. The van der Waals surface area contributed by atoms with E-state index < -0.39 is 0 Å². The molecule has 3 rings (SSSR count). The van der Waals surface area contributed by atoms with Crippen LogP contribution in [0.15, 0.2) is 54.6 Å². The molecule has 6 heteroatoms. The van der Waals surface area contributed by atoms with Gasteiger partial charge in [-0.1, -0.05) is 30.3 Å². The number of nitrogens with zero attached hydrogens (tertiary/aromatic N) is 1. The summed E-state index contributed by atoms with van der Waals surface area (Å²) >= 11 is 1.52. The van der Waals surface area contributed by atoms with Gasteiger partial charge in [0, 0.05) is 0 Å². The van der Waals surface area contributed by atoms with Crippen LogP contribution in [-0.2, 0) is 0 Å². The lowest BCUT2D eigenvalue weighted by Crippen LogP contribution is -2.28. The summed E-state index contributed by atoms with van der Waals surface area (Å²) in [5.74, 6) is 1.32.